The molecule has 0 radical (unpaired) electrons. The first-order valence-corrected chi connectivity index (χ1v) is 5.98. The van der Waals surface area contributed by atoms with Crippen LogP contribution in [0.25, 0.3) is 0 Å². The Kier molecular flexibility index (Phi) is 5.08. The molecule has 1 unspecified atom stereocenters. The Balaban J connectivity index is 2.17. The Labute approximate surface area is 96.7 Å². The van der Waals surface area contributed by atoms with Crippen LogP contribution in [0.1, 0.15) is 39.0 Å². The van der Waals surface area contributed by atoms with Crippen molar-refractivity contribution in [1.29, 1.82) is 5.41 Å². The second-order valence-electron chi connectivity index (χ2n) is 4.55. The SMILES string of the molecule is CC(CNC(=O)NC1CCCCC1)C(=N)N. The van der Waals surface area contributed by atoms with Crippen LogP contribution in [0.4, 0.5) is 4.79 Å². The fourth-order valence-electron chi connectivity index (χ4n) is 1.84. The van der Waals surface area contributed by atoms with Gasteiger partial charge in [-0.25, -0.2) is 4.79 Å². The van der Waals surface area contributed by atoms with Crippen LogP contribution in [0, 0.1) is 11.3 Å². The third kappa shape index (κ3) is 4.51. The zero-order valence-electron chi connectivity index (χ0n) is 9.88. The molecule has 1 atom stereocenters. The van der Waals surface area contributed by atoms with Crippen molar-refractivity contribution in [3.05, 3.63) is 0 Å². The quantitative estimate of drug-likeness (QED) is 0.428. The van der Waals surface area contributed by atoms with E-state index in [0.717, 1.165) is 12.8 Å². The van der Waals surface area contributed by atoms with Crippen LogP contribution < -0.4 is 16.4 Å². The van der Waals surface area contributed by atoms with Gasteiger partial charge in [0.1, 0.15) is 0 Å². The van der Waals surface area contributed by atoms with Gasteiger partial charge in [-0.1, -0.05) is 26.2 Å². The molecule has 16 heavy (non-hydrogen) atoms. The van der Waals surface area contributed by atoms with Crippen LogP contribution in [0.3, 0.4) is 0 Å². The van der Waals surface area contributed by atoms with E-state index in [0.29, 0.717) is 12.6 Å². The van der Waals surface area contributed by atoms with Crippen LogP contribution >= 0.6 is 0 Å². The summed E-state index contributed by atoms with van der Waals surface area (Å²) in [5.41, 5.74) is 5.32. The van der Waals surface area contributed by atoms with Crippen LogP contribution in [0.15, 0.2) is 0 Å². The van der Waals surface area contributed by atoms with E-state index in [1.807, 2.05) is 6.92 Å². The molecule has 0 aromatic carbocycles. The van der Waals surface area contributed by atoms with Crippen molar-refractivity contribution >= 4 is 11.9 Å². The minimum absolute atomic E-state index is 0.0999. The van der Waals surface area contributed by atoms with Crippen LogP contribution in [0.2, 0.25) is 0 Å². The second-order valence-corrected chi connectivity index (χ2v) is 4.55. The lowest BCUT2D eigenvalue weighted by Gasteiger charge is -2.23. The average Bonchev–Trinajstić information content (AvgIpc) is 2.27. The monoisotopic (exact) mass is 226 g/mol. The highest BCUT2D eigenvalue weighted by Crippen LogP contribution is 2.17. The van der Waals surface area contributed by atoms with Gasteiger partial charge in [0.15, 0.2) is 0 Å². The molecule has 0 spiro atoms. The van der Waals surface area contributed by atoms with E-state index in [2.05, 4.69) is 10.6 Å². The number of nitrogens with one attached hydrogen (secondary N) is 3. The van der Waals surface area contributed by atoms with Crippen molar-refractivity contribution in [3.8, 4) is 0 Å². The molecule has 92 valence electrons. The number of carbonyl (C=O) groups excluding carboxylic acids is 1. The highest BCUT2D eigenvalue weighted by Gasteiger charge is 2.15. The second kappa shape index (κ2) is 6.35. The largest absolute Gasteiger partial charge is 0.387 e. The molecule has 5 N–H and O–H groups in total. The zero-order valence-corrected chi connectivity index (χ0v) is 9.88. The topological polar surface area (TPSA) is 91.0 Å². The van der Waals surface area contributed by atoms with Crippen molar-refractivity contribution in [2.24, 2.45) is 11.7 Å². The summed E-state index contributed by atoms with van der Waals surface area (Å²) >= 11 is 0. The number of rotatable bonds is 4. The summed E-state index contributed by atoms with van der Waals surface area (Å²) < 4.78 is 0. The predicted molar refractivity (Wildman–Crippen MR) is 64.5 cm³/mol. The standard InChI is InChI=1S/C11H22N4O/c1-8(10(12)13)7-14-11(16)15-9-5-3-2-4-6-9/h8-9H,2-7H2,1H3,(H3,12,13)(H2,14,15,16). The van der Waals surface area contributed by atoms with Gasteiger partial charge >= 0.3 is 6.03 Å². The Hall–Kier alpha value is -1.26. The first kappa shape index (κ1) is 12.8. The summed E-state index contributed by atoms with van der Waals surface area (Å²) in [6.45, 7) is 2.25. The molecular formula is C11H22N4O. The van der Waals surface area contributed by atoms with E-state index >= 15 is 0 Å². The smallest absolute Gasteiger partial charge is 0.315 e. The predicted octanol–water partition coefficient (Wildman–Crippen LogP) is 1.19. The first-order chi connectivity index (χ1) is 7.59. The van der Waals surface area contributed by atoms with Gasteiger partial charge in [0, 0.05) is 18.5 Å². The molecule has 1 aliphatic rings. The summed E-state index contributed by atoms with van der Waals surface area (Å²) in [4.78, 5) is 11.5. The Bertz CT molecular complexity index is 248. The molecule has 0 bridgehead atoms. The number of carbonyl (C=O) groups is 1. The summed E-state index contributed by atoms with van der Waals surface area (Å²) in [7, 11) is 0. The number of hydrogen-bond acceptors (Lipinski definition) is 2. The molecule has 1 saturated carbocycles. The Morgan fingerprint density at radius 3 is 2.62 bits per heavy atom. The highest BCUT2D eigenvalue weighted by atomic mass is 16.2. The number of amidine groups is 1. The summed E-state index contributed by atoms with van der Waals surface area (Å²) in [6.07, 6.45) is 5.84. The molecule has 0 saturated heterocycles. The van der Waals surface area contributed by atoms with Gasteiger partial charge in [-0.3, -0.25) is 5.41 Å². The normalized spacial score (nSPS) is 18.8. The minimum atomic E-state index is -0.139. The molecule has 1 rings (SSSR count). The average molecular weight is 226 g/mol. The molecule has 0 heterocycles. The zero-order chi connectivity index (χ0) is 12.0. The van der Waals surface area contributed by atoms with Gasteiger partial charge in [0.05, 0.1) is 5.84 Å². The van der Waals surface area contributed by atoms with E-state index < -0.39 is 0 Å². The first-order valence-electron chi connectivity index (χ1n) is 5.98. The molecule has 5 heteroatoms. The maximum Gasteiger partial charge on any atom is 0.315 e. The van der Waals surface area contributed by atoms with Crippen molar-refractivity contribution in [1.82, 2.24) is 10.6 Å². The summed E-state index contributed by atoms with van der Waals surface area (Å²) in [5.74, 6) is 0.00933. The molecule has 0 aromatic heterocycles. The van der Waals surface area contributed by atoms with Crippen molar-refractivity contribution in [3.63, 3.8) is 0 Å². The Morgan fingerprint density at radius 2 is 2.06 bits per heavy atom. The third-order valence-electron chi connectivity index (χ3n) is 3.04. The van der Waals surface area contributed by atoms with Gasteiger partial charge in [-0.15, -0.1) is 0 Å². The van der Waals surface area contributed by atoms with Gasteiger partial charge in [0.25, 0.3) is 0 Å². The maximum atomic E-state index is 11.5. The third-order valence-corrected chi connectivity index (χ3v) is 3.04. The molecule has 5 nitrogen and oxygen atoms in total. The highest BCUT2D eigenvalue weighted by molar-refractivity contribution is 5.80. The lowest BCUT2D eigenvalue weighted by molar-refractivity contribution is 0.232. The maximum absolute atomic E-state index is 11.5. The van der Waals surface area contributed by atoms with Gasteiger partial charge in [0.2, 0.25) is 0 Å². The number of hydrogen-bond donors (Lipinski definition) is 4. The van der Waals surface area contributed by atoms with E-state index in [9.17, 15) is 4.79 Å². The lowest BCUT2D eigenvalue weighted by Crippen LogP contribution is -2.45. The van der Waals surface area contributed by atoms with E-state index in [4.69, 9.17) is 11.1 Å². The van der Waals surface area contributed by atoms with E-state index in [-0.39, 0.29) is 17.8 Å². The van der Waals surface area contributed by atoms with E-state index in [1.54, 1.807) is 0 Å². The lowest BCUT2D eigenvalue weighted by atomic mass is 9.96. The molecule has 0 aliphatic heterocycles. The number of amides is 2. The van der Waals surface area contributed by atoms with Crippen molar-refractivity contribution in [2.75, 3.05) is 6.54 Å². The molecule has 2 amide bonds. The van der Waals surface area contributed by atoms with Gasteiger partial charge < -0.3 is 16.4 Å². The molecule has 1 aliphatic carbocycles. The minimum Gasteiger partial charge on any atom is -0.387 e. The van der Waals surface area contributed by atoms with Crippen LogP contribution in [-0.2, 0) is 0 Å². The number of nitrogens with two attached hydrogens (primary N) is 1. The molecule has 0 aromatic rings. The fraction of sp³-hybridized carbons (Fsp3) is 0.818. The molecular weight excluding hydrogens is 204 g/mol. The summed E-state index contributed by atoms with van der Waals surface area (Å²) in [5, 5.41) is 12.9. The summed E-state index contributed by atoms with van der Waals surface area (Å²) in [6, 6.07) is 0.182. The van der Waals surface area contributed by atoms with Crippen molar-refractivity contribution < 1.29 is 4.79 Å². The van der Waals surface area contributed by atoms with Crippen molar-refractivity contribution in [2.45, 2.75) is 45.1 Å². The van der Waals surface area contributed by atoms with Gasteiger partial charge in [-0.05, 0) is 12.8 Å². The Morgan fingerprint density at radius 1 is 1.44 bits per heavy atom. The molecule has 1 fully saturated rings. The van der Waals surface area contributed by atoms with Crippen LogP contribution in [-0.4, -0.2) is 24.5 Å². The number of urea groups is 1. The fourth-order valence-corrected chi connectivity index (χ4v) is 1.84. The van der Waals surface area contributed by atoms with E-state index in [1.165, 1.54) is 19.3 Å². The van der Waals surface area contributed by atoms with Gasteiger partial charge in [-0.2, -0.15) is 0 Å². The van der Waals surface area contributed by atoms with Crippen LogP contribution in [0.5, 0.6) is 0 Å².